The molecule has 1 aliphatic rings. The van der Waals surface area contributed by atoms with Crippen LogP contribution in [0.3, 0.4) is 0 Å². The molecule has 2 aromatic heterocycles. The summed E-state index contributed by atoms with van der Waals surface area (Å²) in [6, 6.07) is 7.89. The van der Waals surface area contributed by atoms with Crippen molar-refractivity contribution in [1.82, 2.24) is 9.55 Å². The molecule has 1 aromatic carbocycles. The monoisotopic (exact) mass is 356 g/mol. The fourth-order valence-corrected chi connectivity index (χ4v) is 5.01. The van der Waals surface area contributed by atoms with Crippen molar-refractivity contribution in [2.75, 3.05) is 6.67 Å². The smallest absolute Gasteiger partial charge is 0.262 e. The van der Waals surface area contributed by atoms with E-state index in [4.69, 9.17) is 4.98 Å². The average molecular weight is 356 g/mol. The van der Waals surface area contributed by atoms with Crippen molar-refractivity contribution >= 4 is 21.6 Å². The lowest BCUT2D eigenvalue weighted by Gasteiger charge is -2.17. The van der Waals surface area contributed by atoms with Crippen molar-refractivity contribution < 1.29 is 4.39 Å². The van der Waals surface area contributed by atoms with Gasteiger partial charge in [-0.2, -0.15) is 0 Å². The first-order chi connectivity index (χ1) is 12.1. The second-order valence-corrected chi connectivity index (χ2v) is 8.06. The number of benzene rings is 1. The zero-order valence-corrected chi connectivity index (χ0v) is 15.3. The van der Waals surface area contributed by atoms with Gasteiger partial charge < -0.3 is 0 Å². The fourth-order valence-electron chi connectivity index (χ4n) is 3.64. The van der Waals surface area contributed by atoms with Gasteiger partial charge in [-0.3, -0.25) is 9.36 Å². The van der Waals surface area contributed by atoms with Crippen molar-refractivity contribution in [3.63, 3.8) is 0 Å². The Kier molecular flexibility index (Phi) is 4.20. The summed E-state index contributed by atoms with van der Waals surface area (Å²) in [7, 11) is 0. The third-order valence-corrected chi connectivity index (χ3v) is 6.18. The van der Waals surface area contributed by atoms with Gasteiger partial charge >= 0.3 is 0 Å². The van der Waals surface area contributed by atoms with Gasteiger partial charge in [0, 0.05) is 10.4 Å². The normalized spacial score (nSPS) is 17.0. The Bertz CT molecular complexity index is 988. The molecule has 1 atom stereocenters. The first-order valence-corrected chi connectivity index (χ1v) is 9.58. The predicted molar refractivity (Wildman–Crippen MR) is 101 cm³/mol. The van der Waals surface area contributed by atoms with Crippen LogP contribution in [0, 0.1) is 12.8 Å². The van der Waals surface area contributed by atoms with E-state index < -0.39 is 6.67 Å². The number of aryl methyl sites for hydroxylation is 2. The van der Waals surface area contributed by atoms with Crippen molar-refractivity contribution in [1.29, 1.82) is 0 Å². The zero-order chi connectivity index (χ0) is 17.6. The molecular formula is C20H21FN2OS. The Morgan fingerprint density at radius 1 is 1.32 bits per heavy atom. The molecule has 3 nitrogen and oxygen atoms in total. The molecular weight excluding hydrogens is 335 g/mol. The van der Waals surface area contributed by atoms with E-state index in [1.165, 1.54) is 9.44 Å². The molecule has 3 aromatic rings. The molecule has 0 fully saturated rings. The van der Waals surface area contributed by atoms with Gasteiger partial charge in [0.05, 0.1) is 11.9 Å². The molecule has 0 aliphatic heterocycles. The maximum Gasteiger partial charge on any atom is 0.262 e. The summed E-state index contributed by atoms with van der Waals surface area (Å²) in [4.78, 5) is 20.0. The minimum atomic E-state index is -0.574. The molecule has 1 aliphatic carbocycles. The summed E-state index contributed by atoms with van der Waals surface area (Å²) >= 11 is 1.64. The summed E-state index contributed by atoms with van der Waals surface area (Å²) in [6.07, 6.45) is 3.03. The number of halogens is 1. The highest BCUT2D eigenvalue weighted by atomic mass is 32.1. The highest BCUT2D eigenvalue weighted by molar-refractivity contribution is 7.18. The molecule has 0 N–H and O–H groups in total. The number of rotatable bonds is 3. The third-order valence-electron chi connectivity index (χ3n) is 5.03. The molecule has 0 saturated heterocycles. The lowest BCUT2D eigenvalue weighted by molar-refractivity contribution is 0.441. The second-order valence-electron chi connectivity index (χ2n) is 6.98. The largest absolute Gasteiger partial charge is 0.289 e. The van der Waals surface area contributed by atoms with Gasteiger partial charge in [-0.25, -0.2) is 9.37 Å². The molecule has 25 heavy (non-hydrogen) atoms. The van der Waals surface area contributed by atoms with Crippen LogP contribution in [-0.2, 0) is 19.4 Å². The zero-order valence-electron chi connectivity index (χ0n) is 14.5. The maximum absolute atomic E-state index is 13.2. The van der Waals surface area contributed by atoms with Gasteiger partial charge in [-0.1, -0.05) is 36.8 Å². The summed E-state index contributed by atoms with van der Waals surface area (Å²) in [5.74, 6) is 1.21. The van der Waals surface area contributed by atoms with Gasteiger partial charge in [0.15, 0.2) is 0 Å². The lowest BCUT2D eigenvalue weighted by Crippen LogP contribution is -2.25. The van der Waals surface area contributed by atoms with Gasteiger partial charge in [-0.15, -0.1) is 11.3 Å². The summed E-state index contributed by atoms with van der Waals surface area (Å²) < 4.78 is 14.7. The third kappa shape index (κ3) is 2.80. The molecule has 0 bridgehead atoms. The van der Waals surface area contributed by atoms with Crippen LogP contribution in [0.2, 0.25) is 0 Å². The molecule has 4 rings (SSSR count). The fraction of sp³-hybridized carbons (Fsp3) is 0.400. The van der Waals surface area contributed by atoms with Crippen molar-refractivity contribution in [2.24, 2.45) is 5.92 Å². The molecule has 130 valence electrons. The molecule has 0 radical (unpaired) electrons. The standard InChI is InChI=1S/C20H21FN2OS/c1-12-3-6-14(7-4-12)18-22-19-17(20(24)23(18)10-9-21)15-8-5-13(2)11-16(15)25-19/h3-4,6-7,13H,5,8-11H2,1-2H3. The maximum atomic E-state index is 13.2. The van der Waals surface area contributed by atoms with E-state index in [9.17, 15) is 9.18 Å². The topological polar surface area (TPSA) is 34.9 Å². The van der Waals surface area contributed by atoms with E-state index in [0.29, 0.717) is 11.7 Å². The quantitative estimate of drug-likeness (QED) is 0.691. The Morgan fingerprint density at radius 3 is 2.80 bits per heavy atom. The molecule has 0 amide bonds. The van der Waals surface area contributed by atoms with Crippen LogP contribution in [0.25, 0.3) is 21.6 Å². The molecule has 2 heterocycles. The molecule has 5 heteroatoms. The van der Waals surface area contributed by atoms with Gasteiger partial charge in [0.2, 0.25) is 0 Å². The van der Waals surface area contributed by atoms with Crippen LogP contribution in [0.5, 0.6) is 0 Å². The number of fused-ring (bicyclic) bond motifs is 3. The number of nitrogens with zero attached hydrogens (tertiary/aromatic N) is 2. The number of aromatic nitrogens is 2. The lowest BCUT2D eigenvalue weighted by atomic mass is 9.89. The van der Waals surface area contributed by atoms with Crippen LogP contribution < -0.4 is 5.56 Å². The number of hydrogen-bond donors (Lipinski definition) is 0. The van der Waals surface area contributed by atoms with Crippen LogP contribution in [-0.4, -0.2) is 16.2 Å². The highest BCUT2D eigenvalue weighted by Gasteiger charge is 2.24. The SMILES string of the molecule is Cc1ccc(-c2nc3sc4c(c3c(=O)n2CCF)CCC(C)C4)cc1. The summed E-state index contributed by atoms with van der Waals surface area (Å²) in [6.45, 7) is 3.74. The van der Waals surface area contributed by atoms with E-state index in [1.807, 2.05) is 31.2 Å². The van der Waals surface area contributed by atoms with E-state index in [-0.39, 0.29) is 12.1 Å². The van der Waals surface area contributed by atoms with E-state index in [1.54, 1.807) is 11.3 Å². The van der Waals surface area contributed by atoms with E-state index in [2.05, 4.69) is 6.92 Å². The Balaban J connectivity index is 1.98. The van der Waals surface area contributed by atoms with Crippen molar-refractivity contribution in [3.8, 4) is 11.4 Å². The van der Waals surface area contributed by atoms with Crippen molar-refractivity contribution in [3.05, 3.63) is 50.6 Å². The molecule has 0 spiro atoms. The number of thiophene rings is 1. The van der Waals surface area contributed by atoms with Gasteiger partial charge in [0.1, 0.15) is 17.3 Å². The number of hydrogen-bond acceptors (Lipinski definition) is 3. The van der Waals surface area contributed by atoms with Crippen LogP contribution in [0.1, 0.15) is 29.3 Å². The molecule has 1 unspecified atom stereocenters. The van der Waals surface area contributed by atoms with Crippen molar-refractivity contribution in [2.45, 2.75) is 39.7 Å². The van der Waals surface area contributed by atoms with Crippen LogP contribution in [0.4, 0.5) is 4.39 Å². The van der Waals surface area contributed by atoms with Crippen LogP contribution in [0.15, 0.2) is 29.1 Å². The van der Waals surface area contributed by atoms with E-state index in [0.717, 1.165) is 46.2 Å². The van der Waals surface area contributed by atoms with Gasteiger partial charge in [0.25, 0.3) is 5.56 Å². The number of alkyl halides is 1. The molecule has 0 saturated carbocycles. The second kappa shape index (κ2) is 6.37. The minimum Gasteiger partial charge on any atom is -0.289 e. The summed E-state index contributed by atoms with van der Waals surface area (Å²) in [5, 5.41) is 0.719. The summed E-state index contributed by atoms with van der Waals surface area (Å²) in [5.41, 5.74) is 3.06. The predicted octanol–water partition coefficient (Wildman–Crippen LogP) is 4.53. The Morgan fingerprint density at radius 2 is 2.08 bits per heavy atom. The van der Waals surface area contributed by atoms with Gasteiger partial charge in [-0.05, 0) is 37.7 Å². The Labute approximate surface area is 150 Å². The van der Waals surface area contributed by atoms with Crippen LogP contribution >= 0.6 is 11.3 Å². The Hall–Kier alpha value is -2.01. The van der Waals surface area contributed by atoms with E-state index >= 15 is 0 Å². The minimum absolute atomic E-state index is 0.0476. The first kappa shape index (κ1) is 16.5. The highest BCUT2D eigenvalue weighted by Crippen LogP contribution is 2.36. The average Bonchev–Trinajstić information content (AvgIpc) is 2.95. The first-order valence-electron chi connectivity index (χ1n) is 8.76.